The van der Waals surface area contributed by atoms with Crippen LogP contribution in [-0.4, -0.2) is 105 Å². The molecular formula is C29H36N4O7S. The molecule has 0 aliphatic carbocycles. The number of aromatic nitrogens is 2. The Bertz CT molecular complexity index is 1450. The summed E-state index contributed by atoms with van der Waals surface area (Å²) in [5.41, 5.74) is 3.77. The predicted octanol–water partition coefficient (Wildman–Crippen LogP) is 2.32. The SMILES string of the molecule is COc1ccc2cc1OCCN(S(=O)(=O)CC1COCCO1)Cc1cc(CN3CCOCC3)cc(c1)-n1ccnc1-2. The minimum Gasteiger partial charge on any atom is -0.493 e. The molecule has 1 aromatic heterocycles. The maximum absolute atomic E-state index is 13.8. The van der Waals surface area contributed by atoms with Crippen LogP contribution >= 0.6 is 0 Å². The van der Waals surface area contributed by atoms with Gasteiger partial charge < -0.3 is 23.7 Å². The van der Waals surface area contributed by atoms with Gasteiger partial charge in [-0.2, -0.15) is 4.31 Å². The number of morpholine rings is 1. The van der Waals surface area contributed by atoms with Crippen LogP contribution in [0.4, 0.5) is 0 Å². The normalized spacial score (nSPS) is 20.7. The molecule has 2 fully saturated rings. The van der Waals surface area contributed by atoms with Gasteiger partial charge in [-0.25, -0.2) is 13.4 Å². The molecule has 41 heavy (non-hydrogen) atoms. The molecule has 12 heteroatoms. The highest BCUT2D eigenvalue weighted by atomic mass is 32.2. The molecule has 3 aliphatic rings. The van der Waals surface area contributed by atoms with Crippen LogP contribution in [0.5, 0.6) is 11.5 Å². The van der Waals surface area contributed by atoms with E-state index in [1.807, 2.05) is 35.0 Å². The molecule has 2 aromatic carbocycles. The number of methoxy groups -OCH3 is 1. The summed E-state index contributed by atoms with van der Waals surface area (Å²) in [5, 5.41) is 0. The molecule has 0 radical (unpaired) electrons. The maximum atomic E-state index is 13.8. The Labute approximate surface area is 240 Å². The zero-order valence-corrected chi connectivity index (χ0v) is 24.1. The minimum absolute atomic E-state index is 0.149. The summed E-state index contributed by atoms with van der Waals surface area (Å²) in [6.07, 6.45) is 3.18. The largest absolute Gasteiger partial charge is 0.493 e. The topological polar surface area (TPSA) is 105 Å². The van der Waals surface area contributed by atoms with Crippen LogP contribution in [0.2, 0.25) is 0 Å². The first-order chi connectivity index (χ1) is 20.0. The van der Waals surface area contributed by atoms with E-state index in [0.29, 0.717) is 37.9 Å². The maximum Gasteiger partial charge on any atom is 0.217 e. The van der Waals surface area contributed by atoms with Crippen molar-refractivity contribution in [3.63, 3.8) is 0 Å². The molecule has 1 atom stereocenters. The molecule has 3 aromatic rings. The lowest BCUT2D eigenvalue weighted by atomic mass is 10.1. The molecule has 0 saturated carbocycles. The van der Waals surface area contributed by atoms with E-state index in [1.165, 1.54) is 4.31 Å². The summed E-state index contributed by atoms with van der Waals surface area (Å²) >= 11 is 0. The third kappa shape index (κ3) is 6.58. The van der Waals surface area contributed by atoms with E-state index in [4.69, 9.17) is 23.7 Å². The summed E-state index contributed by atoms with van der Waals surface area (Å²) in [7, 11) is -2.13. The number of fused-ring (bicyclic) bond motifs is 7. The second-order valence-corrected chi connectivity index (χ2v) is 12.4. The fourth-order valence-electron chi connectivity index (χ4n) is 5.49. The van der Waals surface area contributed by atoms with Crippen molar-refractivity contribution in [1.29, 1.82) is 0 Å². The van der Waals surface area contributed by atoms with Gasteiger partial charge in [0.2, 0.25) is 10.0 Å². The van der Waals surface area contributed by atoms with Gasteiger partial charge in [-0.05, 0) is 41.5 Å². The van der Waals surface area contributed by atoms with Crippen molar-refractivity contribution >= 4 is 10.0 Å². The number of hydrogen-bond donors (Lipinski definition) is 0. The summed E-state index contributed by atoms with van der Waals surface area (Å²) in [4.78, 5) is 7.02. The van der Waals surface area contributed by atoms with Crippen LogP contribution in [0.25, 0.3) is 17.1 Å². The van der Waals surface area contributed by atoms with Crippen molar-refractivity contribution in [1.82, 2.24) is 18.8 Å². The Kier molecular flexibility index (Phi) is 8.56. The van der Waals surface area contributed by atoms with Crippen molar-refractivity contribution in [3.8, 4) is 28.6 Å². The Morgan fingerprint density at radius 1 is 1.00 bits per heavy atom. The summed E-state index contributed by atoms with van der Waals surface area (Å²) in [5.74, 6) is 1.69. The van der Waals surface area contributed by atoms with E-state index in [0.717, 1.165) is 47.8 Å². The van der Waals surface area contributed by atoms with Gasteiger partial charge in [0.1, 0.15) is 12.4 Å². The van der Waals surface area contributed by atoms with Gasteiger partial charge in [-0.3, -0.25) is 9.47 Å². The third-order valence-electron chi connectivity index (χ3n) is 7.52. The summed E-state index contributed by atoms with van der Waals surface area (Å²) in [6, 6.07) is 12.0. The molecule has 0 spiro atoms. The zero-order chi connectivity index (χ0) is 28.2. The van der Waals surface area contributed by atoms with Gasteiger partial charge in [-0.15, -0.1) is 0 Å². The standard InChI is InChI=1S/C29H36N4O7S/c1-36-27-3-2-24-17-28(27)40-11-8-32(41(34,35)21-26-20-38-12-13-39-26)19-23-14-22(18-31-6-9-37-10-7-31)15-25(16-23)33-5-4-30-29(24)33/h2-5,14-17,26H,6-13,18-21H2,1H3. The molecule has 1 unspecified atom stereocenters. The molecule has 0 amide bonds. The van der Waals surface area contributed by atoms with Crippen molar-refractivity contribution in [2.45, 2.75) is 19.2 Å². The molecular weight excluding hydrogens is 548 g/mol. The van der Waals surface area contributed by atoms with Crippen LogP contribution in [0.15, 0.2) is 48.8 Å². The molecule has 220 valence electrons. The van der Waals surface area contributed by atoms with E-state index in [-0.39, 0.29) is 32.1 Å². The van der Waals surface area contributed by atoms with Crippen LogP contribution in [0.1, 0.15) is 11.1 Å². The van der Waals surface area contributed by atoms with Crippen molar-refractivity contribution < 1.29 is 32.1 Å². The lowest BCUT2D eigenvalue weighted by Gasteiger charge is -2.28. The van der Waals surface area contributed by atoms with Crippen LogP contribution in [0, 0.1) is 0 Å². The Balaban J connectivity index is 1.41. The Morgan fingerprint density at radius 2 is 1.88 bits per heavy atom. The monoisotopic (exact) mass is 584 g/mol. The van der Waals surface area contributed by atoms with E-state index >= 15 is 0 Å². The highest BCUT2D eigenvalue weighted by molar-refractivity contribution is 7.89. The summed E-state index contributed by atoms with van der Waals surface area (Å²) in [6.45, 7) is 5.49. The second kappa shape index (κ2) is 12.5. The third-order valence-corrected chi connectivity index (χ3v) is 9.41. The Hall–Kier alpha value is -3.00. The van der Waals surface area contributed by atoms with Gasteiger partial charge in [-0.1, -0.05) is 6.07 Å². The van der Waals surface area contributed by atoms with Crippen molar-refractivity contribution in [2.24, 2.45) is 0 Å². The zero-order valence-electron chi connectivity index (χ0n) is 23.2. The van der Waals surface area contributed by atoms with Crippen molar-refractivity contribution in [2.75, 3.05) is 72.1 Å². The number of benzene rings is 2. The van der Waals surface area contributed by atoms with Crippen molar-refractivity contribution in [3.05, 3.63) is 59.9 Å². The van der Waals surface area contributed by atoms with Crippen LogP contribution in [-0.2, 0) is 37.3 Å². The summed E-state index contributed by atoms with van der Waals surface area (Å²) < 4.78 is 59.4. The van der Waals surface area contributed by atoms with E-state index in [1.54, 1.807) is 13.3 Å². The number of nitrogens with zero attached hydrogens (tertiary/aromatic N) is 4. The molecule has 2 saturated heterocycles. The van der Waals surface area contributed by atoms with Gasteiger partial charge in [0.05, 0.1) is 52.0 Å². The quantitative estimate of drug-likeness (QED) is 0.432. The number of ether oxygens (including phenoxy) is 5. The molecule has 4 heterocycles. The van der Waals surface area contributed by atoms with E-state index < -0.39 is 16.1 Å². The highest BCUT2D eigenvalue weighted by Crippen LogP contribution is 2.34. The average molecular weight is 585 g/mol. The number of hydrogen-bond acceptors (Lipinski definition) is 9. The van der Waals surface area contributed by atoms with E-state index in [2.05, 4.69) is 22.0 Å². The van der Waals surface area contributed by atoms with Gasteiger partial charge in [0.25, 0.3) is 0 Å². The van der Waals surface area contributed by atoms with E-state index in [9.17, 15) is 8.42 Å². The highest BCUT2D eigenvalue weighted by Gasteiger charge is 2.29. The first kappa shape index (κ1) is 28.1. The Morgan fingerprint density at radius 3 is 2.68 bits per heavy atom. The number of imidazole rings is 1. The fraction of sp³-hybridized carbons (Fsp3) is 0.483. The minimum atomic E-state index is -3.72. The van der Waals surface area contributed by atoms with Crippen LogP contribution < -0.4 is 9.47 Å². The second-order valence-electron chi connectivity index (χ2n) is 10.4. The lowest BCUT2D eigenvalue weighted by molar-refractivity contribution is -0.0785. The molecule has 4 bridgehead atoms. The lowest BCUT2D eigenvalue weighted by Crippen LogP contribution is -2.42. The fourth-order valence-corrected chi connectivity index (χ4v) is 7.06. The number of sulfonamides is 1. The van der Waals surface area contributed by atoms with Gasteiger partial charge >= 0.3 is 0 Å². The molecule has 3 aliphatic heterocycles. The van der Waals surface area contributed by atoms with Gasteiger partial charge in [0, 0.05) is 56.4 Å². The smallest absolute Gasteiger partial charge is 0.217 e. The predicted molar refractivity (Wildman–Crippen MR) is 152 cm³/mol. The average Bonchev–Trinajstić information content (AvgIpc) is 3.47. The molecule has 0 N–H and O–H groups in total. The van der Waals surface area contributed by atoms with Crippen LogP contribution in [0.3, 0.4) is 0 Å². The molecule has 6 rings (SSSR count). The molecule has 11 nitrogen and oxygen atoms in total. The van der Waals surface area contributed by atoms with Gasteiger partial charge in [0.15, 0.2) is 11.5 Å². The first-order valence-corrected chi connectivity index (χ1v) is 15.5. The number of rotatable bonds is 6. The first-order valence-electron chi connectivity index (χ1n) is 13.9.